The highest BCUT2D eigenvalue weighted by Crippen LogP contribution is 2.26. The number of nitrogens with zero attached hydrogens (tertiary/aromatic N) is 2. The minimum atomic E-state index is 0.0694. The summed E-state index contributed by atoms with van der Waals surface area (Å²) in [6, 6.07) is 0. The fraction of sp³-hybridized carbons (Fsp3) is 0.692. The highest BCUT2D eigenvalue weighted by atomic mass is 32.1. The molecule has 0 bridgehead atoms. The van der Waals surface area contributed by atoms with Crippen molar-refractivity contribution >= 4 is 22.4 Å². The predicted molar refractivity (Wildman–Crippen MR) is 76.9 cm³/mol. The van der Waals surface area contributed by atoms with Crippen LogP contribution in [0.1, 0.15) is 35.8 Å². The number of carbonyl (C=O) groups is 1. The third kappa shape index (κ3) is 3.06. The van der Waals surface area contributed by atoms with E-state index in [4.69, 9.17) is 4.74 Å². The van der Waals surface area contributed by atoms with Gasteiger partial charge in [-0.15, -0.1) is 0 Å². The van der Waals surface area contributed by atoms with Crippen molar-refractivity contribution in [2.75, 3.05) is 32.1 Å². The number of likely N-dealkylation sites (tertiary alicyclic amines) is 1. The first kappa shape index (κ1) is 14.3. The van der Waals surface area contributed by atoms with Gasteiger partial charge in [0.05, 0.1) is 17.4 Å². The van der Waals surface area contributed by atoms with Gasteiger partial charge in [0.1, 0.15) is 5.00 Å². The molecule has 1 atom stereocenters. The van der Waals surface area contributed by atoms with E-state index in [2.05, 4.69) is 9.69 Å². The fourth-order valence-corrected chi connectivity index (χ4v) is 3.18. The maximum absolute atomic E-state index is 12.6. The summed E-state index contributed by atoms with van der Waals surface area (Å²) in [5, 5.41) is 3.90. The van der Waals surface area contributed by atoms with Crippen LogP contribution < -0.4 is 5.32 Å². The number of hydrogen-bond acceptors (Lipinski definition) is 5. The molecule has 1 N–H and O–H groups in total. The average Bonchev–Trinajstić information content (AvgIpc) is 2.80. The Labute approximate surface area is 118 Å². The number of nitrogens with one attached hydrogen (secondary N) is 1. The minimum absolute atomic E-state index is 0.0694. The van der Waals surface area contributed by atoms with Gasteiger partial charge in [0.15, 0.2) is 0 Å². The number of aromatic nitrogens is 1. The van der Waals surface area contributed by atoms with Crippen molar-refractivity contribution in [3.63, 3.8) is 0 Å². The molecule has 1 fully saturated rings. The third-order valence-corrected chi connectivity index (χ3v) is 4.33. The largest absolute Gasteiger partial charge is 0.378 e. The molecule has 1 aliphatic rings. The monoisotopic (exact) mass is 283 g/mol. The fourth-order valence-electron chi connectivity index (χ4n) is 2.44. The van der Waals surface area contributed by atoms with Crippen LogP contribution in [0.15, 0.2) is 0 Å². The molecule has 1 unspecified atom stereocenters. The molecule has 1 aromatic rings. The SMILES string of the molecule is CCOC1CCCN(C(=O)c2c(C)nsc2NC)C1. The number of amides is 1. The minimum Gasteiger partial charge on any atom is -0.378 e. The van der Waals surface area contributed by atoms with Gasteiger partial charge in [-0.3, -0.25) is 4.79 Å². The standard InChI is InChI=1S/C13H21N3O2S/c1-4-18-10-6-5-7-16(8-10)13(17)11-9(2)15-19-12(11)14-3/h10,14H,4-8H2,1-3H3. The lowest BCUT2D eigenvalue weighted by Crippen LogP contribution is -2.43. The number of hydrogen-bond donors (Lipinski definition) is 1. The lowest BCUT2D eigenvalue weighted by atomic mass is 10.1. The van der Waals surface area contributed by atoms with Crippen LogP contribution in [0.2, 0.25) is 0 Å². The summed E-state index contributed by atoms with van der Waals surface area (Å²) >= 11 is 1.34. The van der Waals surface area contributed by atoms with E-state index < -0.39 is 0 Å². The van der Waals surface area contributed by atoms with E-state index in [1.54, 1.807) is 0 Å². The number of anilines is 1. The van der Waals surface area contributed by atoms with Crippen LogP contribution in [0.25, 0.3) is 0 Å². The molecule has 1 aliphatic heterocycles. The molecule has 2 rings (SSSR count). The van der Waals surface area contributed by atoms with Gasteiger partial charge >= 0.3 is 0 Å². The molecule has 1 saturated heterocycles. The van der Waals surface area contributed by atoms with Crippen molar-refractivity contribution in [3.05, 3.63) is 11.3 Å². The van der Waals surface area contributed by atoms with Crippen molar-refractivity contribution in [2.45, 2.75) is 32.8 Å². The molecule has 2 heterocycles. The van der Waals surface area contributed by atoms with Crippen LogP contribution in [0.5, 0.6) is 0 Å². The van der Waals surface area contributed by atoms with E-state index in [9.17, 15) is 4.79 Å². The van der Waals surface area contributed by atoms with Gasteiger partial charge in [0.2, 0.25) is 0 Å². The number of rotatable bonds is 4. The Morgan fingerprint density at radius 2 is 2.42 bits per heavy atom. The van der Waals surface area contributed by atoms with E-state index in [0.717, 1.165) is 30.1 Å². The summed E-state index contributed by atoms with van der Waals surface area (Å²) in [7, 11) is 1.82. The van der Waals surface area contributed by atoms with Crippen LogP contribution in [0.3, 0.4) is 0 Å². The molecule has 0 saturated carbocycles. The molecule has 5 nitrogen and oxygen atoms in total. The lowest BCUT2D eigenvalue weighted by Gasteiger charge is -2.32. The van der Waals surface area contributed by atoms with Crippen molar-refractivity contribution in [2.24, 2.45) is 0 Å². The molecular formula is C13H21N3O2S. The van der Waals surface area contributed by atoms with Crippen LogP contribution in [-0.4, -0.2) is 48.0 Å². The summed E-state index contributed by atoms with van der Waals surface area (Å²) in [5.74, 6) is 0.0694. The number of ether oxygens (including phenoxy) is 1. The quantitative estimate of drug-likeness (QED) is 0.920. The first-order valence-corrected chi connectivity index (χ1v) is 7.49. The Balaban J connectivity index is 2.12. The third-order valence-electron chi connectivity index (χ3n) is 3.37. The molecular weight excluding hydrogens is 262 g/mol. The van der Waals surface area contributed by atoms with Gasteiger partial charge in [0, 0.05) is 26.7 Å². The molecule has 1 amide bonds. The first-order valence-electron chi connectivity index (χ1n) is 6.72. The van der Waals surface area contributed by atoms with Gasteiger partial charge in [-0.1, -0.05) is 0 Å². The highest BCUT2D eigenvalue weighted by molar-refractivity contribution is 7.10. The van der Waals surface area contributed by atoms with Gasteiger partial charge in [-0.25, -0.2) is 0 Å². The molecule has 0 aromatic carbocycles. The van der Waals surface area contributed by atoms with Crippen molar-refractivity contribution < 1.29 is 9.53 Å². The van der Waals surface area contributed by atoms with Crippen LogP contribution >= 0.6 is 11.5 Å². The molecule has 0 aliphatic carbocycles. The zero-order chi connectivity index (χ0) is 13.8. The molecule has 106 valence electrons. The van der Waals surface area contributed by atoms with Gasteiger partial charge in [-0.2, -0.15) is 4.37 Å². The maximum atomic E-state index is 12.6. The predicted octanol–water partition coefficient (Wildman–Crippen LogP) is 2.13. The smallest absolute Gasteiger partial charge is 0.258 e. The number of carbonyl (C=O) groups excluding carboxylic acids is 1. The summed E-state index contributed by atoms with van der Waals surface area (Å²) in [6.07, 6.45) is 2.21. The van der Waals surface area contributed by atoms with Crippen molar-refractivity contribution in [1.82, 2.24) is 9.27 Å². The summed E-state index contributed by atoms with van der Waals surface area (Å²) < 4.78 is 9.90. The molecule has 1 aromatic heterocycles. The Bertz CT molecular complexity index is 445. The number of piperidine rings is 1. The summed E-state index contributed by atoms with van der Waals surface area (Å²) in [4.78, 5) is 14.5. The van der Waals surface area contributed by atoms with E-state index in [1.165, 1.54) is 11.5 Å². The maximum Gasteiger partial charge on any atom is 0.258 e. The van der Waals surface area contributed by atoms with Crippen molar-refractivity contribution in [1.29, 1.82) is 0 Å². The lowest BCUT2D eigenvalue weighted by molar-refractivity contribution is 0.00725. The van der Waals surface area contributed by atoms with Crippen LogP contribution in [0, 0.1) is 6.92 Å². The Kier molecular flexibility index (Phi) is 4.76. The highest BCUT2D eigenvalue weighted by Gasteiger charge is 2.28. The van der Waals surface area contributed by atoms with Gasteiger partial charge < -0.3 is 15.0 Å². The van der Waals surface area contributed by atoms with Crippen LogP contribution in [0.4, 0.5) is 5.00 Å². The second-order valence-corrected chi connectivity index (χ2v) is 5.47. The van der Waals surface area contributed by atoms with Gasteiger partial charge in [-0.05, 0) is 38.2 Å². The normalized spacial score (nSPS) is 19.5. The zero-order valence-corrected chi connectivity index (χ0v) is 12.5. The van der Waals surface area contributed by atoms with Gasteiger partial charge in [0.25, 0.3) is 5.91 Å². The average molecular weight is 283 g/mol. The Morgan fingerprint density at radius 1 is 1.63 bits per heavy atom. The first-order chi connectivity index (χ1) is 9.17. The van der Waals surface area contributed by atoms with Crippen molar-refractivity contribution in [3.8, 4) is 0 Å². The zero-order valence-electron chi connectivity index (χ0n) is 11.7. The van der Waals surface area contributed by atoms with E-state index >= 15 is 0 Å². The van der Waals surface area contributed by atoms with Crippen LogP contribution in [-0.2, 0) is 4.74 Å². The molecule has 0 radical (unpaired) electrons. The molecule has 6 heteroatoms. The topological polar surface area (TPSA) is 54.5 Å². The van der Waals surface area contributed by atoms with E-state index in [-0.39, 0.29) is 12.0 Å². The summed E-state index contributed by atoms with van der Waals surface area (Å²) in [5.41, 5.74) is 1.52. The number of aryl methyl sites for hydroxylation is 1. The molecule has 0 spiro atoms. The van der Waals surface area contributed by atoms with E-state index in [1.807, 2.05) is 25.8 Å². The Hall–Kier alpha value is -1.14. The van der Waals surface area contributed by atoms with E-state index in [0.29, 0.717) is 18.7 Å². The molecule has 19 heavy (non-hydrogen) atoms. The summed E-state index contributed by atoms with van der Waals surface area (Å²) in [6.45, 7) is 6.07. The Morgan fingerprint density at radius 3 is 3.11 bits per heavy atom. The second kappa shape index (κ2) is 6.34. The second-order valence-electron chi connectivity index (χ2n) is 4.69.